The molecule has 110 valence electrons. The van der Waals surface area contributed by atoms with E-state index in [1.807, 2.05) is 54.8 Å². The van der Waals surface area contributed by atoms with Crippen LogP contribution in [0.1, 0.15) is 12.0 Å². The molecular formula is C17H18O3S. The number of methoxy groups -OCH3 is 1. The zero-order valence-corrected chi connectivity index (χ0v) is 13.0. The van der Waals surface area contributed by atoms with Gasteiger partial charge in [0, 0.05) is 11.3 Å². The molecule has 0 fully saturated rings. The second-order valence-corrected chi connectivity index (χ2v) is 5.38. The molecule has 0 aliphatic heterocycles. The summed E-state index contributed by atoms with van der Waals surface area (Å²) < 4.78 is 10.4. The Kier molecular flexibility index (Phi) is 5.69. The van der Waals surface area contributed by atoms with E-state index < -0.39 is 0 Å². The molecule has 0 amide bonds. The Hall–Kier alpha value is -1.94. The van der Waals surface area contributed by atoms with Crippen LogP contribution in [0.3, 0.4) is 0 Å². The number of benzene rings is 2. The fourth-order valence-electron chi connectivity index (χ4n) is 1.87. The second kappa shape index (κ2) is 7.74. The van der Waals surface area contributed by atoms with Gasteiger partial charge in [0.2, 0.25) is 0 Å². The first kappa shape index (κ1) is 15.4. The van der Waals surface area contributed by atoms with Crippen molar-refractivity contribution in [1.29, 1.82) is 0 Å². The molecule has 2 rings (SSSR count). The lowest BCUT2D eigenvalue weighted by molar-refractivity contribution is -0.140. The van der Waals surface area contributed by atoms with Crippen molar-refractivity contribution in [2.75, 3.05) is 13.4 Å². The third-order valence-electron chi connectivity index (χ3n) is 3.05. The van der Waals surface area contributed by atoms with Gasteiger partial charge in [0.25, 0.3) is 0 Å². The van der Waals surface area contributed by atoms with E-state index in [0.717, 1.165) is 17.1 Å². The van der Waals surface area contributed by atoms with Crippen LogP contribution in [-0.4, -0.2) is 19.3 Å². The molecule has 0 atom stereocenters. The molecule has 0 N–H and O–H groups in total. The van der Waals surface area contributed by atoms with Gasteiger partial charge in [0.15, 0.2) is 0 Å². The van der Waals surface area contributed by atoms with Gasteiger partial charge in [-0.3, -0.25) is 4.79 Å². The summed E-state index contributed by atoms with van der Waals surface area (Å²) in [6, 6.07) is 15.7. The minimum atomic E-state index is -0.191. The van der Waals surface area contributed by atoms with Crippen molar-refractivity contribution in [1.82, 2.24) is 0 Å². The maximum atomic E-state index is 11.1. The van der Waals surface area contributed by atoms with Crippen LogP contribution in [0.5, 0.6) is 11.5 Å². The largest absolute Gasteiger partial charge is 0.469 e. The fourth-order valence-corrected chi connectivity index (χ4v) is 2.32. The van der Waals surface area contributed by atoms with Crippen molar-refractivity contribution >= 4 is 17.7 Å². The quantitative estimate of drug-likeness (QED) is 0.588. The first-order valence-electron chi connectivity index (χ1n) is 6.69. The van der Waals surface area contributed by atoms with Crippen molar-refractivity contribution in [3.05, 3.63) is 54.1 Å². The molecule has 21 heavy (non-hydrogen) atoms. The predicted molar refractivity (Wildman–Crippen MR) is 85.1 cm³/mol. The first-order chi connectivity index (χ1) is 10.2. The number of carbonyl (C=O) groups is 1. The maximum absolute atomic E-state index is 11.1. The number of aryl methyl sites for hydroxylation is 1. The van der Waals surface area contributed by atoms with Crippen LogP contribution in [0.25, 0.3) is 0 Å². The highest BCUT2D eigenvalue weighted by Crippen LogP contribution is 2.26. The second-order valence-electron chi connectivity index (χ2n) is 4.50. The number of hydrogen-bond donors (Lipinski definition) is 0. The number of esters is 1. The molecule has 0 saturated carbocycles. The summed E-state index contributed by atoms with van der Waals surface area (Å²) in [4.78, 5) is 12.3. The smallest absolute Gasteiger partial charge is 0.305 e. The van der Waals surface area contributed by atoms with E-state index in [1.54, 1.807) is 11.8 Å². The van der Waals surface area contributed by atoms with E-state index in [9.17, 15) is 4.79 Å². The number of hydrogen-bond acceptors (Lipinski definition) is 4. The molecule has 0 radical (unpaired) electrons. The fraction of sp³-hybridized carbons (Fsp3) is 0.235. The highest BCUT2D eigenvalue weighted by atomic mass is 32.2. The lowest BCUT2D eigenvalue weighted by atomic mass is 10.1. The summed E-state index contributed by atoms with van der Waals surface area (Å²) in [5, 5.41) is 0. The van der Waals surface area contributed by atoms with Crippen LogP contribution in [-0.2, 0) is 16.0 Å². The Morgan fingerprint density at radius 1 is 1.10 bits per heavy atom. The van der Waals surface area contributed by atoms with E-state index in [1.165, 1.54) is 12.0 Å². The Morgan fingerprint density at radius 2 is 1.86 bits per heavy atom. The Balaban J connectivity index is 1.97. The zero-order valence-electron chi connectivity index (χ0n) is 12.2. The molecule has 0 heterocycles. The summed E-state index contributed by atoms with van der Waals surface area (Å²) in [6.45, 7) is 0. The monoisotopic (exact) mass is 302 g/mol. The third kappa shape index (κ3) is 4.83. The van der Waals surface area contributed by atoms with Crippen molar-refractivity contribution in [3.63, 3.8) is 0 Å². The first-order valence-corrected chi connectivity index (χ1v) is 7.91. The molecule has 0 saturated heterocycles. The van der Waals surface area contributed by atoms with Gasteiger partial charge in [0.1, 0.15) is 11.5 Å². The van der Waals surface area contributed by atoms with Crippen LogP contribution < -0.4 is 4.74 Å². The number of ether oxygens (including phenoxy) is 2. The van der Waals surface area contributed by atoms with Crippen molar-refractivity contribution in [2.45, 2.75) is 17.7 Å². The van der Waals surface area contributed by atoms with Crippen LogP contribution in [0.15, 0.2) is 53.4 Å². The molecule has 0 aromatic heterocycles. The average molecular weight is 302 g/mol. The van der Waals surface area contributed by atoms with Gasteiger partial charge in [-0.2, -0.15) is 0 Å². The molecule has 0 aliphatic rings. The minimum absolute atomic E-state index is 0.191. The normalized spacial score (nSPS) is 10.2. The number of thioether (sulfide) groups is 1. The van der Waals surface area contributed by atoms with Gasteiger partial charge in [-0.1, -0.05) is 18.2 Å². The van der Waals surface area contributed by atoms with Gasteiger partial charge >= 0.3 is 5.97 Å². The van der Waals surface area contributed by atoms with Crippen LogP contribution in [0, 0.1) is 0 Å². The summed E-state index contributed by atoms with van der Waals surface area (Å²) in [6.07, 6.45) is 3.11. The SMILES string of the molecule is COC(=O)CCc1ccc(Oc2cccc(SC)c2)cc1. The van der Waals surface area contributed by atoms with Crippen molar-refractivity contribution in [3.8, 4) is 11.5 Å². The molecular weight excluding hydrogens is 284 g/mol. The highest BCUT2D eigenvalue weighted by molar-refractivity contribution is 7.98. The van der Waals surface area contributed by atoms with E-state index in [2.05, 4.69) is 4.74 Å². The zero-order chi connectivity index (χ0) is 15.1. The molecule has 4 heteroatoms. The summed E-state index contributed by atoms with van der Waals surface area (Å²) in [7, 11) is 1.40. The Labute approximate surface area is 129 Å². The van der Waals surface area contributed by atoms with Crippen LogP contribution in [0.2, 0.25) is 0 Å². The molecule has 2 aromatic carbocycles. The van der Waals surface area contributed by atoms with Crippen LogP contribution >= 0.6 is 11.8 Å². The van der Waals surface area contributed by atoms with Gasteiger partial charge < -0.3 is 9.47 Å². The van der Waals surface area contributed by atoms with Gasteiger partial charge in [0.05, 0.1) is 7.11 Å². The van der Waals surface area contributed by atoms with Crippen molar-refractivity contribution < 1.29 is 14.3 Å². The Bertz CT molecular complexity index is 593. The molecule has 2 aromatic rings. The van der Waals surface area contributed by atoms with Gasteiger partial charge in [-0.15, -0.1) is 11.8 Å². The molecule has 0 aliphatic carbocycles. The Morgan fingerprint density at radius 3 is 2.52 bits per heavy atom. The molecule has 0 bridgehead atoms. The van der Waals surface area contributed by atoms with Crippen LogP contribution in [0.4, 0.5) is 0 Å². The predicted octanol–water partition coefficient (Wildman–Crippen LogP) is 4.31. The summed E-state index contributed by atoms with van der Waals surface area (Å²) >= 11 is 1.68. The molecule has 0 spiro atoms. The third-order valence-corrected chi connectivity index (χ3v) is 3.77. The molecule has 0 unspecified atom stereocenters. The van der Waals surface area contributed by atoms with E-state index in [4.69, 9.17) is 4.74 Å². The average Bonchev–Trinajstić information content (AvgIpc) is 2.54. The minimum Gasteiger partial charge on any atom is -0.469 e. The standard InChI is InChI=1S/C17H18O3S/c1-19-17(18)11-8-13-6-9-14(10-7-13)20-15-4-3-5-16(12-15)21-2/h3-7,9-10,12H,8,11H2,1-2H3. The van der Waals surface area contributed by atoms with E-state index >= 15 is 0 Å². The van der Waals surface area contributed by atoms with Gasteiger partial charge in [-0.25, -0.2) is 0 Å². The van der Waals surface area contributed by atoms with E-state index in [0.29, 0.717) is 12.8 Å². The lowest BCUT2D eigenvalue weighted by Gasteiger charge is -2.08. The molecule has 3 nitrogen and oxygen atoms in total. The van der Waals surface area contributed by atoms with Crippen molar-refractivity contribution in [2.24, 2.45) is 0 Å². The summed E-state index contributed by atoms with van der Waals surface area (Å²) in [5.74, 6) is 1.42. The maximum Gasteiger partial charge on any atom is 0.305 e. The number of carbonyl (C=O) groups excluding carboxylic acids is 1. The summed E-state index contributed by atoms with van der Waals surface area (Å²) in [5.41, 5.74) is 1.09. The highest BCUT2D eigenvalue weighted by Gasteiger charge is 2.03. The van der Waals surface area contributed by atoms with E-state index in [-0.39, 0.29) is 5.97 Å². The topological polar surface area (TPSA) is 35.5 Å². The number of rotatable bonds is 6. The van der Waals surface area contributed by atoms with Gasteiger partial charge in [-0.05, 0) is 48.6 Å². The lowest BCUT2D eigenvalue weighted by Crippen LogP contribution is -2.01.